The Morgan fingerprint density at radius 1 is 0.217 bits per heavy atom. The summed E-state index contributed by atoms with van der Waals surface area (Å²) in [6.45, 7) is 4.54. The SMILES string of the molecule is Cc1cc(-c2cccc(-c3ccc4cccc5c6cccc7cccc(c3c45)c76)c2)c(C)cc1-c1cccc(-c2ccc3cccc4c5cccc6cccc(c2c34)c65)c1. The van der Waals surface area contributed by atoms with Gasteiger partial charge in [-0.25, -0.2) is 0 Å². The molecule has 0 saturated carbocycles. The van der Waals surface area contributed by atoms with Crippen LogP contribution in [0, 0.1) is 13.8 Å². The molecule has 0 atom stereocenters. The van der Waals surface area contributed by atoms with Gasteiger partial charge in [0, 0.05) is 0 Å². The quantitative estimate of drug-likeness (QED) is 0.124. The van der Waals surface area contributed by atoms with Crippen LogP contribution in [0.25, 0.3) is 131 Å². The highest BCUT2D eigenvalue weighted by Gasteiger charge is 2.19. The Balaban J connectivity index is 0.944. The fourth-order valence-electron chi connectivity index (χ4n) is 10.9. The fourth-order valence-corrected chi connectivity index (χ4v) is 10.9. The molecule has 0 aliphatic carbocycles. The summed E-state index contributed by atoms with van der Waals surface area (Å²) in [5.74, 6) is 0. The number of rotatable bonds is 4. The van der Waals surface area contributed by atoms with Crippen molar-refractivity contribution in [2.45, 2.75) is 13.8 Å². The molecule has 13 aromatic carbocycles. The van der Waals surface area contributed by atoms with Crippen molar-refractivity contribution in [2.75, 3.05) is 0 Å². The van der Waals surface area contributed by atoms with Crippen molar-refractivity contribution in [3.8, 4) is 44.5 Å². The molecule has 13 aromatic rings. The summed E-state index contributed by atoms with van der Waals surface area (Å²) >= 11 is 0. The zero-order valence-corrected chi connectivity index (χ0v) is 33.5. The number of benzene rings is 13. The van der Waals surface area contributed by atoms with E-state index in [0.717, 1.165) is 0 Å². The largest absolute Gasteiger partial charge is 0.0610 e. The molecule has 0 amide bonds. The van der Waals surface area contributed by atoms with Gasteiger partial charge in [-0.1, -0.05) is 182 Å². The zero-order valence-electron chi connectivity index (χ0n) is 33.5. The fraction of sp³-hybridized carbons (Fsp3) is 0.0333. The summed E-state index contributed by atoms with van der Waals surface area (Å²) < 4.78 is 0. The first-order valence-electron chi connectivity index (χ1n) is 21.1. The van der Waals surface area contributed by atoms with E-state index < -0.39 is 0 Å². The molecule has 0 bridgehead atoms. The molecule has 0 aliphatic rings. The van der Waals surface area contributed by atoms with Gasteiger partial charge in [0.25, 0.3) is 0 Å². The third kappa shape index (κ3) is 4.68. The van der Waals surface area contributed by atoms with Crippen LogP contribution in [-0.4, -0.2) is 0 Å². The highest BCUT2D eigenvalue weighted by Crippen LogP contribution is 2.47. The third-order valence-electron chi connectivity index (χ3n) is 13.6. The molecule has 0 nitrogen and oxygen atoms in total. The molecular weight excluding hydrogens is 721 g/mol. The summed E-state index contributed by atoms with van der Waals surface area (Å²) in [7, 11) is 0. The lowest BCUT2D eigenvalue weighted by atomic mass is 9.85. The Kier molecular flexibility index (Phi) is 6.95. The van der Waals surface area contributed by atoms with Crippen molar-refractivity contribution in [1.82, 2.24) is 0 Å². The monoisotopic (exact) mass is 758 g/mol. The van der Waals surface area contributed by atoms with Crippen molar-refractivity contribution >= 4 is 86.2 Å². The Morgan fingerprint density at radius 3 is 0.900 bits per heavy atom. The summed E-state index contributed by atoms with van der Waals surface area (Å²) in [6, 6.07) is 73.0. The van der Waals surface area contributed by atoms with Gasteiger partial charge in [0.15, 0.2) is 0 Å². The van der Waals surface area contributed by atoms with E-state index in [-0.39, 0.29) is 0 Å². The molecule has 0 spiro atoms. The van der Waals surface area contributed by atoms with Crippen LogP contribution >= 0.6 is 0 Å². The van der Waals surface area contributed by atoms with Gasteiger partial charge in [-0.05, 0) is 168 Å². The Labute approximate surface area is 348 Å². The number of hydrogen-bond donors (Lipinski definition) is 0. The second-order valence-electron chi connectivity index (χ2n) is 16.8. The first kappa shape index (κ1) is 33.4. The molecule has 0 radical (unpaired) electrons. The summed E-state index contributed by atoms with van der Waals surface area (Å²) in [5.41, 5.74) is 12.6. The number of fused-ring (bicyclic) bond motifs is 4. The van der Waals surface area contributed by atoms with Crippen LogP contribution in [-0.2, 0) is 0 Å². The standard InChI is InChI=1S/C60H38/c1-35-31-54(44-20-4-18-42(34-44)46-30-28-40-16-8-24-50-48-22-6-12-38-14-10-26-52(56(38)48)60(46)58(40)50)36(2)32-53(35)43-19-3-17-41(33-43)45-29-27-39-15-7-23-49-47-21-5-11-37-13-9-25-51(55(37)47)59(45)57(39)49/h3-34H,1-2H3. The molecule has 0 heteroatoms. The van der Waals surface area contributed by atoms with E-state index in [1.807, 2.05) is 0 Å². The molecular formula is C60H38. The average Bonchev–Trinajstić information content (AvgIpc) is 3.30. The van der Waals surface area contributed by atoms with Gasteiger partial charge in [0.1, 0.15) is 0 Å². The zero-order chi connectivity index (χ0) is 39.6. The Hall–Kier alpha value is -7.54. The van der Waals surface area contributed by atoms with E-state index in [1.165, 1.54) is 142 Å². The van der Waals surface area contributed by atoms with Gasteiger partial charge in [0.2, 0.25) is 0 Å². The number of aryl methyl sites for hydroxylation is 2. The molecule has 0 N–H and O–H groups in total. The van der Waals surface area contributed by atoms with Crippen LogP contribution < -0.4 is 0 Å². The molecule has 0 aliphatic heterocycles. The van der Waals surface area contributed by atoms with Crippen LogP contribution in [0.1, 0.15) is 11.1 Å². The highest BCUT2D eigenvalue weighted by atomic mass is 14.2. The van der Waals surface area contributed by atoms with E-state index in [1.54, 1.807) is 0 Å². The second kappa shape index (κ2) is 12.5. The smallest absolute Gasteiger partial charge is 0.00141 e. The van der Waals surface area contributed by atoms with Crippen molar-refractivity contribution in [2.24, 2.45) is 0 Å². The lowest BCUT2D eigenvalue weighted by Crippen LogP contribution is -1.93. The average molecular weight is 759 g/mol. The molecule has 0 fully saturated rings. The molecule has 60 heavy (non-hydrogen) atoms. The van der Waals surface area contributed by atoms with Crippen LogP contribution in [0.3, 0.4) is 0 Å². The van der Waals surface area contributed by atoms with E-state index in [9.17, 15) is 0 Å². The number of hydrogen-bond acceptors (Lipinski definition) is 0. The van der Waals surface area contributed by atoms with E-state index in [0.29, 0.717) is 0 Å². The lowest BCUT2D eigenvalue weighted by Gasteiger charge is -2.19. The van der Waals surface area contributed by atoms with Crippen molar-refractivity contribution in [3.05, 3.63) is 205 Å². The minimum atomic E-state index is 1.24. The topological polar surface area (TPSA) is 0 Å². The first-order valence-corrected chi connectivity index (χ1v) is 21.1. The third-order valence-corrected chi connectivity index (χ3v) is 13.6. The molecule has 0 heterocycles. The molecule has 0 saturated heterocycles. The Bertz CT molecular complexity index is 3630. The predicted octanol–water partition coefficient (Wildman–Crippen LogP) is 17.1. The van der Waals surface area contributed by atoms with Gasteiger partial charge >= 0.3 is 0 Å². The molecule has 0 aromatic heterocycles. The summed E-state index contributed by atoms with van der Waals surface area (Å²) in [6.07, 6.45) is 0. The van der Waals surface area contributed by atoms with Crippen LogP contribution in [0.2, 0.25) is 0 Å². The van der Waals surface area contributed by atoms with Gasteiger partial charge in [-0.15, -0.1) is 0 Å². The molecule has 13 rings (SSSR count). The van der Waals surface area contributed by atoms with E-state index in [4.69, 9.17) is 0 Å². The van der Waals surface area contributed by atoms with Gasteiger partial charge < -0.3 is 0 Å². The molecule has 278 valence electrons. The van der Waals surface area contributed by atoms with Crippen molar-refractivity contribution in [1.29, 1.82) is 0 Å². The van der Waals surface area contributed by atoms with Gasteiger partial charge in [-0.3, -0.25) is 0 Å². The van der Waals surface area contributed by atoms with Crippen molar-refractivity contribution < 1.29 is 0 Å². The maximum absolute atomic E-state index is 2.40. The van der Waals surface area contributed by atoms with E-state index in [2.05, 4.69) is 208 Å². The van der Waals surface area contributed by atoms with Crippen LogP contribution in [0.5, 0.6) is 0 Å². The minimum absolute atomic E-state index is 1.24. The Morgan fingerprint density at radius 2 is 0.517 bits per heavy atom. The maximum atomic E-state index is 2.40. The lowest BCUT2D eigenvalue weighted by molar-refractivity contribution is 1.39. The normalized spacial score (nSPS) is 12.2. The maximum Gasteiger partial charge on any atom is -0.00141 e. The molecule has 0 unspecified atom stereocenters. The first-order chi connectivity index (χ1) is 29.6. The van der Waals surface area contributed by atoms with E-state index >= 15 is 0 Å². The van der Waals surface area contributed by atoms with Crippen LogP contribution in [0.4, 0.5) is 0 Å². The summed E-state index contributed by atoms with van der Waals surface area (Å²) in [5, 5.41) is 21.2. The van der Waals surface area contributed by atoms with Crippen molar-refractivity contribution in [3.63, 3.8) is 0 Å². The predicted molar refractivity (Wildman–Crippen MR) is 260 cm³/mol. The van der Waals surface area contributed by atoms with Crippen LogP contribution in [0.15, 0.2) is 194 Å². The van der Waals surface area contributed by atoms with Gasteiger partial charge in [0.05, 0.1) is 0 Å². The minimum Gasteiger partial charge on any atom is -0.0610 e. The second-order valence-corrected chi connectivity index (χ2v) is 16.8. The highest BCUT2D eigenvalue weighted by molar-refractivity contribution is 6.36. The summed E-state index contributed by atoms with van der Waals surface area (Å²) in [4.78, 5) is 0. The van der Waals surface area contributed by atoms with Gasteiger partial charge in [-0.2, -0.15) is 0 Å².